The summed E-state index contributed by atoms with van der Waals surface area (Å²) >= 11 is 0. The first-order valence-corrected chi connectivity index (χ1v) is 47.0. The second-order valence-electron chi connectivity index (χ2n) is 31.5. The predicted octanol–water partition coefficient (Wildman–Crippen LogP) is 25.8. The van der Waals surface area contributed by atoms with Crippen LogP contribution in [0.5, 0.6) is 0 Å². The fraction of sp³-hybridized carbons (Fsp3) is 0.953. The van der Waals surface area contributed by atoms with Crippen molar-refractivity contribution in [2.24, 2.45) is 11.8 Å². The van der Waals surface area contributed by atoms with Gasteiger partial charge in [0.05, 0.1) is 26.4 Å². The van der Waals surface area contributed by atoms with E-state index in [0.29, 0.717) is 25.7 Å². The van der Waals surface area contributed by atoms with Gasteiger partial charge in [-0.2, -0.15) is 0 Å². The molecule has 0 saturated heterocycles. The zero-order chi connectivity index (χ0) is 76.4. The van der Waals surface area contributed by atoms with Gasteiger partial charge in [-0.3, -0.25) is 37.3 Å². The van der Waals surface area contributed by atoms with Crippen LogP contribution in [0.15, 0.2) is 0 Å². The van der Waals surface area contributed by atoms with Crippen molar-refractivity contribution in [3.8, 4) is 0 Å². The predicted molar refractivity (Wildman–Crippen MR) is 428 cm³/mol. The number of esters is 4. The van der Waals surface area contributed by atoms with Crippen LogP contribution < -0.4 is 0 Å². The number of carbonyl (C=O) groups is 4. The molecule has 0 radical (unpaired) electrons. The van der Waals surface area contributed by atoms with Gasteiger partial charge in [-0.15, -0.1) is 0 Å². The molecule has 19 heteroatoms. The molecule has 17 nitrogen and oxygen atoms in total. The lowest BCUT2D eigenvalue weighted by Crippen LogP contribution is -2.30. The second-order valence-corrected chi connectivity index (χ2v) is 34.4. The highest BCUT2D eigenvalue weighted by Crippen LogP contribution is 2.45. The Balaban J connectivity index is 5.24. The lowest BCUT2D eigenvalue weighted by atomic mass is 10.0. The molecule has 0 aromatic rings. The molecule has 0 aliphatic rings. The highest BCUT2D eigenvalue weighted by molar-refractivity contribution is 7.47. The third kappa shape index (κ3) is 78.2. The Morgan fingerprint density at radius 3 is 0.654 bits per heavy atom. The average Bonchev–Trinajstić information content (AvgIpc) is 0.910. The Morgan fingerprint density at radius 2 is 0.442 bits per heavy atom. The summed E-state index contributed by atoms with van der Waals surface area (Å²) in [6.07, 6.45) is 68.1. The van der Waals surface area contributed by atoms with Gasteiger partial charge >= 0.3 is 39.5 Å². The van der Waals surface area contributed by atoms with E-state index in [1.165, 1.54) is 270 Å². The summed E-state index contributed by atoms with van der Waals surface area (Å²) in [6, 6.07) is 0. The number of phosphoric acid groups is 2. The van der Waals surface area contributed by atoms with Gasteiger partial charge in [-0.05, 0) is 37.5 Å². The van der Waals surface area contributed by atoms with E-state index < -0.39 is 97.5 Å². The third-order valence-electron chi connectivity index (χ3n) is 20.0. The zero-order valence-electron chi connectivity index (χ0n) is 68.3. The molecule has 0 heterocycles. The number of rotatable bonds is 84. The maximum atomic E-state index is 13.1. The van der Waals surface area contributed by atoms with Crippen molar-refractivity contribution in [1.29, 1.82) is 0 Å². The second kappa shape index (κ2) is 76.4. The molecule has 0 aromatic carbocycles. The minimum absolute atomic E-state index is 0.106. The first-order chi connectivity index (χ1) is 50.4. The average molecular weight is 1520 g/mol. The molecule has 2 unspecified atom stereocenters. The molecule has 0 amide bonds. The van der Waals surface area contributed by atoms with Gasteiger partial charge in [0, 0.05) is 25.7 Å². The molecule has 618 valence electrons. The molecule has 0 bridgehead atoms. The van der Waals surface area contributed by atoms with Crippen molar-refractivity contribution in [1.82, 2.24) is 0 Å². The molecule has 0 aromatic heterocycles. The SMILES string of the molecule is CCCCCCCCCCCCCCCCCCCCCCCC(=O)O[C@H](COC(=O)CCCCCCCCCCCCCCCCCCC)COP(=O)(O)OC[C@@H](O)COP(=O)(O)OC[C@@H](COC(=O)CCCCCCCCCCCCC(C)C)OC(=O)CCCCCCCCCCCCC(C)C. The number of phosphoric ester groups is 2. The zero-order valence-corrected chi connectivity index (χ0v) is 70.1. The van der Waals surface area contributed by atoms with Crippen molar-refractivity contribution in [3.05, 3.63) is 0 Å². The molecule has 104 heavy (non-hydrogen) atoms. The van der Waals surface area contributed by atoms with Crippen LogP contribution in [0.1, 0.15) is 452 Å². The van der Waals surface area contributed by atoms with Gasteiger partial charge in [0.25, 0.3) is 0 Å². The number of aliphatic hydroxyl groups is 1. The Labute approximate surface area is 638 Å². The van der Waals surface area contributed by atoms with E-state index in [9.17, 15) is 43.2 Å². The summed E-state index contributed by atoms with van der Waals surface area (Å²) in [6.45, 7) is 9.65. The van der Waals surface area contributed by atoms with Crippen LogP contribution in [0.3, 0.4) is 0 Å². The van der Waals surface area contributed by atoms with Gasteiger partial charge in [-0.1, -0.05) is 401 Å². The first-order valence-electron chi connectivity index (χ1n) is 44.0. The van der Waals surface area contributed by atoms with E-state index in [0.717, 1.165) is 102 Å². The molecule has 3 N–H and O–H groups in total. The van der Waals surface area contributed by atoms with Crippen LogP contribution in [0, 0.1) is 11.8 Å². The van der Waals surface area contributed by atoms with Crippen LogP contribution in [-0.4, -0.2) is 96.7 Å². The van der Waals surface area contributed by atoms with Gasteiger partial charge in [-0.25, -0.2) is 9.13 Å². The first kappa shape index (κ1) is 102. The maximum Gasteiger partial charge on any atom is 0.472 e. The molecule has 0 aliphatic carbocycles. The summed E-state index contributed by atoms with van der Waals surface area (Å²) in [5.74, 6) is -0.593. The van der Waals surface area contributed by atoms with Gasteiger partial charge in [0.1, 0.15) is 19.3 Å². The van der Waals surface area contributed by atoms with Crippen molar-refractivity contribution in [2.45, 2.75) is 471 Å². The third-order valence-corrected chi connectivity index (χ3v) is 21.9. The lowest BCUT2D eigenvalue weighted by molar-refractivity contribution is -0.161. The number of hydrogen-bond acceptors (Lipinski definition) is 15. The van der Waals surface area contributed by atoms with Crippen molar-refractivity contribution in [2.75, 3.05) is 39.6 Å². The Hall–Kier alpha value is -1.94. The quantitative estimate of drug-likeness (QED) is 0.0222. The molecule has 0 fully saturated rings. The Kier molecular flexibility index (Phi) is 75.0. The van der Waals surface area contributed by atoms with Crippen molar-refractivity contribution in [3.63, 3.8) is 0 Å². The van der Waals surface area contributed by atoms with E-state index in [4.69, 9.17) is 37.0 Å². The highest BCUT2D eigenvalue weighted by atomic mass is 31.2. The standard InChI is InChI=1S/C85H166O17P2/c1-7-9-11-13-15-17-19-21-23-25-26-27-28-30-32-34-36-45-51-57-63-69-84(89)101-80(73-95-82(87)67-61-55-49-43-35-33-31-29-24-22-20-18-16-14-12-10-8-2)75-99-103(91,92)97-71-79(86)72-98-104(93,94)100-76-81(102-85(90)70-64-58-52-46-40-38-42-48-54-60-66-78(5)6)74-96-83(88)68-62-56-50-44-39-37-41-47-53-59-65-77(3)4/h77-81,86H,7-76H2,1-6H3,(H,91,92)(H,93,94)/t79-,80-,81-/m1/s1. The molecule has 5 atom stereocenters. The summed E-state index contributed by atoms with van der Waals surface area (Å²) in [5, 5.41) is 10.7. The van der Waals surface area contributed by atoms with E-state index in [1.54, 1.807) is 0 Å². The summed E-state index contributed by atoms with van der Waals surface area (Å²) in [4.78, 5) is 73.2. The number of hydrogen-bond donors (Lipinski definition) is 3. The smallest absolute Gasteiger partial charge is 0.462 e. The van der Waals surface area contributed by atoms with E-state index >= 15 is 0 Å². The van der Waals surface area contributed by atoms with Crippen LogP contribution >= 0.6 is 15.6 Å². The maximum absolute atomic E-state index is 13.1. The Morgan fingerprint density at radius 1 is 0.260 bits per heavy atom. The molecule has 0 spiro atoms. The minimum atomic E-state index is -4.97. The number of aliphatic hydroxyl groups excluding tert-OH is 1. The van der Waals surface area contributed by atoms with Crippen molar-refractivity contribution < 1.29 is 80.2 Å². The summed E-state index contributed by atoms with van der Waals surface area (Å²) < 4.78 is 68.9. The molecular formula is C85H166O17P2. The number of carbonyl (C=O) groups excluding carboxylic acids is 4. The number of unbranched alkanes of at least 4 members (excludes halogenated alkanes) is 54. The summed E-state index contributed by atoms with van der Waals surface area (Å²) in [7, 11) is -9.93. The fourth-order valence-corrected chi connectivity index (χ4v) is 14.8. The minimum Gasteiger partial charge on any atom is -0.462 e. The van der Waals surface area contributed by atoms with Crippen LogP contribution in [0.2, 0.25) is 0 Å². The van der Waals surface area contributed by atoms with Crippen LogP contribution in [0.4, 0.5) is 0 Å². The normalized spacial score (nSPS) is 13.8. The van der Waals surface area contributed by atoms with E-state index in [2.05, 4.69) is 41.5 Å². The lowest BCUT2D eigenvalue weighted by Gasteiger charge is -2.21. The summed E-state index contributed by atoms with van der Waals surface area (Å²) in [5.41, 5.74) is 0. The molecular weight excluding hydrogens is 1350 g/mol. The number of ether oxygens (including phenoxy) is 4. The molecule has 0 rings (SSSR count). The highest BCUT2D eigenvalue weighted by Gasteiger charge is 2.30. The van der Waals surface area contributed by atoms with Gasteiger partial charge < -0.3 is 33.8 Å². The van der Waals surface area contributed by atoms with E-state index in [1.807, 2.05) is 0 Å². The van der Waals surface area contributed by atoms with Gasteiger partial charge in [0.15, 0.2) is 12.2 Å². The largest absolute Gasteiger partial charge is 0.472 e. The van der Waals surface area contributed by atoms with Crippen LogP contribution in [-0.2, 0) is 65.4 Å². The van der Waals surface area contributed by atoms with Crippen LogP contribution in [0.25, 0.3) is 0 Å². The van der Waals surface area contributed by atoms with Crippen molar-refractivity contribution >= 4 is 39.5 Å². The van der Waals surface area contributed by atoms with Gasteiger partial charge in [0.2, 0.25) is 0 Å². The monoisotopic (exact) mass is 1520 g/mol. The molecule has 0 aliphatic heterocycles. The topological polar surface area (TPSA) is 237 Å². The molecule has 0 saturated carbocycles. The van der Waals surface area contributed by atoms with E-state index in [-0.39, 0.29) is 25.7 Å². The fourth-order valence-electron chi connectivity index (χ4n) is 13.2. The Bertz CT molecular complexity index is 1990.